The smallest absolute Gasteiger partial charge is 0.410 e. The Balaban J connectivity index is 1.43. The van der Waals surface area contributed by atoms with Crippen LogP contribution in [0.3, 0.4) is 0 Å². The zero-order chi connectivity index (χ0) is 35.5. The topological polar surface area (TPSA) is 127 Å². The van der Waals surface area contributed by atoms with Crippen LogP contribution in [0.25, 0.3) is 0 Å². The quantitative estimate of drug-likeness (QED) is 0.129. The molecule has 0 bridgehead atoms. The number of fused-ring (bicyclic) bond motifs is 1. The van der Waals surface area contributed by atoms with Crippen LogP contribution in [0, 0.1) is 23.2 Å². The lowest BCUT2D eigenvalue weighted by molar-refractivity contribution is 0.0240. The summed E-state index contributed by atoms with van der Waals surface area (Å²) in [6, 6.07) is 4.37. The van der Waals surface area contributed by atoms with E-state index in [0.29, 0.717) is 54.9 Å². The van der Waals surface area contributed by atoms with Gasteiger partial charge in [0.25, 0.3) is 5.78 Å². The van der Waals surface area contributed by atoms with Crippen LogP contribution in [0.1, 0.15) is 86.9 Å². The molecule has 4 heterocycles. The third-order valence-electron chi connectivity index (χ3n) is 9.14. The molecule has 49 heavy (non-hydrogen) atoms. The van der Waals surface area contributed by atoms with Crippen LogP contribution in [0.2, 0.25) is 0 Å². The molecular formula is C36H48N8O4S. The third kappa shape index (κ3) is 8.52. The van der Waals surface area contributed by atoms with Gasteiger partial charge in [-0.1, -0.05) is 5.92 Å². The van der Waals surface area contributed by atoms with Crippen LogP contribution >= 0.6 is 11.3 Å². The lowest BCUT2D eigenvalue weighted by Gasteiger charge is -2.36. The fourth-order valence-electron chi connectivity index (χ4n) is 6.67. The van der Waals surface area contributed by atoms with Crippen molar-refractivity contribution in [3.63, 3.8) is 0 Å². The number of rotatable bonds is 7. The van der Waals surface area contributed by atoms with Gasteiger partial charge in [-0.25, -0.2) is 14.8 Å². The Bertz CT molecular complexity index is 1690. The number of likely N-dealkylation sites (tertiary alicyclic amines) is 1. The van der Waals surface area contributed by atoms with E-state index in [0.717, 1.165) is 42.7 Å². The average molecular weight is 689 g/mol. The van der Waals surface area contributed by atoms with Gasteiger partial charge in [-0.05, 0) is 86.2 Å². The van der Waals surface area contributed by atoms with Crippen molar-refractivity contribution < 1.29 is 19.1 Å². The Morgan fingerprint density at radius 1 is 1.18 bits per heavy atom. The number of nitrogens with zero attached hydrogens (tertiary/aromatic N) is 8. The number of ketones is 1. The summed E-state index contributed by atoms with van der Waals surface area (Å²) in [6.45, 7) is 12.5. The molecule has 2 aromatic heterocycles. The summed E-state index contributed by atoms with van der Waals surface area (Å²) < 4.78 is 11.9. The maximum Gasteiger partial charge on any atom is 0.410 e. The summed E-state index contributed by atoms with van der Waals surface area (Å²) in [5.41, 5.74) is 0.111. The summed E-state index contributed by atoms with van der Waals surface area (Å²) in [5.74, 6) is 6.41. The zero-order valence-electron chi connectivity index (χ0n) is 30.0. The first-order valence-electron chi connectivity index (χ1n) is 17.0. The van der Waals surface area contributed by atoms with Crippen molar-refractivity contribution in [1.82, 2.24) is 24.7 Å². The van der Waals surface area contributed by atoms with E-state index >= 15 is 0 Å². The number of piperazine rings is 1. The molecular weight excluding hydrogens is 641 g/mol. The van der Waals surface area contributed by atoms with E-state index in [2.05, 4.69) is 44.8 Å². The highest BCUT2D eigenvalue weighted by Gasteiger charge is 2.37. The van der Waals surface area contributed by atoms with E-state index in [9.17, 15) is 14.9 Å². The van der Waals surface area contributed by atoms with E-state index < -0.39 is 16.8 Å². The normalized spacial score (nSPS) is 21.8. The molecule has 0 spiro atoms. The molecule has 3 aliphatic rings. The van der Waals surface area contributed by atoms with Gasteiger partial charge in [0.15, 0.2) is 0 Å². The van der Waals surface area contributed by atoms with Gasteiger partial charge in [-0.15, -0.1) is 11.3 Å². The van der Waals surface area contributed by atoms with Gasteiger partial charge in [0.1, 0.15) is 28.6 Å². The fraction of sp³-hybridized carbons (Fsp3) is 0.611. The number of anilines is 1. The van der Waals surface area contributed by atoms with Crippen molar-refractivity contribution >= 4 is 40.4 Å². The summed E-state index contributed by atoms with van der Waals surface area (Å²) >= 11 is 1.52. The second-order valence-corrected chi connectivity index (χ2v) is 15.6. The number of ether oxygens (including phenoxy) is 2. The molecule has 1 unspecified atom stereocenters. The molecule has 13 heteroatoms. The minimum Gasteiger partial charge on any atom is -0.473 e. The summed E-state index contributed by atoms with van der Waals surface area (Å²) in [5, 5.41) is 10.8. The van der Waals surface area contributed by atoms with Gasteiger partial charge in [0.05, 0.1) is 17.3 Å². The van der Waals surface area contributed by atoms with Crippen LogP contribution in [0.15, 0.2) is 11.1 Å². The first-order chi connectivity index (χ1) is 23.2. The molecule has 0 radical (unpaired) electrons. The predicted octanol–water partition coefficient (Wildman–Crippen LogP) is 5.03. The predicted molar refractivity (Wildman–Crippen MR) is 191 cm³/mol. The zero-order valence-corrected chi connectivity index (χ0v) is 30.8. The second-order valence-electron chi connectivity index (χ2n) is 14.5. The lowest BCUT2D eigenvalue weighted by atomic mass is 9.73. The van der Waals surface area contributed by atoms with Gasteiger partial charge in [-0.3, -0.25) is 9.69 Å². The van der Waals surface area contributed by atoms with Gasteiger partial charge in [0, 0.05) is 62.8 Å². The maximum absolute atomic E-state index is 13.8. The number of nitriles is 1. The largest absolute Gasteiger partial charge is 0.473 e. The number of amides is 1. The van der Waals surface area contributed by atoms with Crippen LogP contribution in [-0.2, 0) is 16.6 Å². The number of hydrogen-bond acceptors (Lipinski definition) is 11. The Morgan fingerprint density at radius 3 is 2.55 bits per heavy atom. The van der Waals surface area contributed by atoms with Gasteiger partial charge in [0.2, 0.25) is 11.7 Å². The third-order valence-corrected chi connectivity index (χ3v) is 10.3. The van der Waals surface area contributed by atoms with Crippen LogP contribution in [-0.4, -0.2) is 114 Å². The molecule has 2 aromatic rings. The highest BCUT2D eigenvalue weighted by molar-refractivity contribution is 7.16. The molecule has 3 atom stereocenters. The van der Waals surface area contributed by atoms with Crippen LogP contribution in [0.5, 0.6) is 5.88 Å². The number of aliphatic imine (C=N–C) groups is 1. The first-order valence-corrected chi connectivity index (χ1v) is 17.8. The number of aryl methyl sites for hydroxylation is 1. The van der Waals surface area contributed by atoms with Gasteiger partial charge in [-0.2, -0.15) is 10.2 Å². The molecule has 1 aliphatic carbocycles. The average Bonchev–Trinajstić information content (AvgIpc) is 3.65. The number of carbonyl (C=O) groups excluding carboxylic acids is 2. The van der Waals surface area contributed by atoms with E-state index in [1.807, 2.05) is 58.5 Å². The minimum atomic E-state index is -0.701. The highest BCUT2D eigenvalue weighted by atomic mass is 32.1. The first kappa shape index (κ1) is 36.1. The minimum absolute atomic E-state index is 0.0386. The SMILES string of the molecule is C[C@H](Oc1cc(N2CCN(C(=O)OC(C)(C)C)CC2)nc(C(=O)C#CC2(C)CCCc3sc(N=CN(C)C)c(C#N)c32)n1)[C@@H]1CCCN1C. The number of likely N-dealkylation sites (N-methyl/N-ethyl adjacent to an activating group) is 1. The Kier molecular flexibility index (Phi) is 10.9. The highest BCUT2D eigenvalue weighted by Crippen LogP contribution is 2.47. The Hall–Kier alpha value is -4.20. The molecule has 2 fully saturated rings. The van der Waals surface area contributed by atoms with Crippen molar-refractivity contribution in [3.8, 4) is 23.8 Å². The van der Waals surface area contributed by atoms with E-state index in [-0.39, 0.29) is 24.1 Å². The number of aromatic nitrogens is 2. The monoisotopic (exact) mass is 688 g/mol. The number of carbonyl (C=O) groups is 2. The molecule has 1 amide bonds. The molecule has 5 rings (SSSR count). The van der Waals surface area contributed by atoms with E-state index in [4.69, 9.17) is 9.47 Å². The fourth-order valence-corrected chi connectivity index (χ4v) is 7.93. The van der Waals surface area contributed by atoms with Crippen molar-refractivity contribution in [3.05, 3.63) is 27.9 Å². The van der Waals surface area contributed by atoms with Gasteiger partial charge >= 0.3 is 6.09 Å². The van der Waals surface area contributed by atoms with Gasteiger partial charge < -0.3 is 24.2 Å². The summed E-state index contributed by atoms with van der Waals surface area (Å²) in [7, 11) is 5.86. The van der Waals surface area contributed by atoms with Crippen molar-refractivity contribution in [1.29, 1.82) is 5.26 Å². The lowest BCUT2D eigenvalue weighted by Crippen LogP contribution is -2.50. The molecule has 12 nitrogen and oxygen atoms in total. The Labute approximate surface area is 294 Å². The van der Waals surface area contributed by atoms with Crippen molar-refractivity contribution in [2.75, 3.05) is 58.8 Å². The Morgan fingerprint density at radius 2 is 1.92 bits per heavy atom. The maximum atomic E-state index is 13.8. The second kappa shape index (κ2) is 14.7. The molecule has 0 saturated carbocycles. The summed E-state index contributed by atoms with van der Waals surface area (Å²) in [4.78, 5) is 49.2. The molecule has 0 aromatic carbocycles. The molecule has 262 valence electrons. The summed E-state index contributed by atoms with van der Waals surface area (Å²) in [6.07, 6.45) is 5.77. The van der Waals surface area contributed by atoms with Crippen LogP contribution < -0.4 is 9.64 Å². The van der Waals surface area contributed by atoms with Crippen molar-refractivity contribution in [2.45, 2.75) is 89.9 Å². The standard InChI is InChI=1S/C36H48N8O4S/c1-24(26-11-10-16-42(26)8)47-30-21-29(43-17-19-44(20-18-43)34(46)48-35(2,3)4)39-32(40-30)27(45)13-15-36(5)14-9-12-28-31(36)25(22-37)33(49-28)38-23-41(6)7/h21,23-24,26H,9-12,14,16-20H2,1-8H3/t24-,26-,36?/m0/s1. The van der Waals surface area contributed by atoms with E-state index in [1.54, 1.807) is 17.3 Å². The molecule has 2 aliphatic heterocycles. The number of thiophene rings is 1. The van der Waals surface area contributed by atoms with Crippen LogP contribution in [0.4, 0.5) is 15.6 Å². The van der Waals surface area contributed by atoms with E-state index in [1.165, 1.54) is 11.3 Å². The van der Waals surface area contributed by atoms with Crippen molar-refractivity contribution in [2.24, 2.45) is 4.99 Å². The molecule has 2 saturated heterocycles. The number of Topliss-reactive ketones (excluding diaryl/α,β-unsaturated/α-hetero) is 1. The molecule has 0 N–H and O–H groups in total. The number of hydrogen-bond donors (Lipinski definition) is 0.